The second-order valence-corrected chi connectivity index (χ2v) is 3.17. The lowest BCUT2D eigenvalue weighted by Crippen LogP contribution is -1.93. The Hall–Kier alpha value is -1.22. The van der Waals surface area contributed by atoms with Crippen LogP contribution in [0.4, 0.5) is 0 Å². The van der Waals surface area contributed by atoms with E-state index in [0.717, 1.165) is 11.1 Å². The molecule has 0 aromatic heterocycles. The molecule has 13 heavy (non-hydrogen) atoms. The summed E-state index contributed by atoms with van der Waals surface area (Å²) in [7, 11) is 0. The summed E-state index contributed by atoms with van der Waals surface area (Å²) in [5.41, 5.74) is 1.92. The lowest BCUT2D eigenvalue weighted by atomic mass is 10.1. The van der Waals surface area contributed by atoms with Gasteiger partial charge in [-0.2, -0.15) is 0 Å². The Balaban J connectivity index is 3.04. The molecule has 0 bridgehead atoms. The molecule has 0 saturated carbocycles. The molecule has 3 heteroatoms. The molecule has 1 N–H and O–H groups in total. The van der Waals surface area contributed by atoms with Gasteiger partial charge in [0.05, 0.1) is 4.91 Å². The third-order valence-electron chi connectivity index (χ3n) is 1.70. The van der Waals surface area contributed by atoms with Crippen LogP contribution in [0.5, 0.6) is 0 Å². The zero-order chi connectivity index (χ0) is 9.84. The second kappa shape index (κ2) is 4.14. The summed E-state index contributed by atoms with van der Waals surface area (Å²) in [6, 6.07) is 7.55. The molecule has 0 heterocycles. The first-order valence-electron chi connectivity index (χ1n) is 3.81. The quantitative estimate of drug-likeness (QED) is 0.560. The van der Waals surface area contributed by atoms with Crippen LogP contribution in [0.3, 0.4) is 0 Å². The minimum atomic E-state index is -1.01. The van der Waals surface area contributed by atoms with Crippen molar-refractivity contribution in [1.29, 1.82) is 0 Å². The van der Waals surface area contributed by atoms with Crippen molar-refractivity contribution in [2.75, 3.05) is 0 Å². The highest BCUT2D eigenvalue weighted by Crippen LogP contribution is 2.13. The first-order chi connectivity index (χ1) is 6.11. The first-order valence-corrected chi connectivity index (χ1v) is 4.25. The summed E-state index contributed by atoms with van der Waals surface area (Å²) >= 11 is 3.85. The molecular weight excluding hydrogens is 184 g/mol. The molecule has 0 atom stereocenters. The fourth-order valence-electron chi connectivity index (χ4n) is 0.958. The van der Waals surface area contributed by atoms with Gasteiger partial charge in [-0.25, -0.2) is 4.79 Å². The predicted octanol–water partition coefficient (Wildman–Crippen LogP) is 2.35. The van der Waals surface area contributed by atoms with Crippen LogP contribution in [0.1, 0.15) is 11.1 Å². The maximum atomic E-state index is 10.5. The number of carboxylic acids is 1. The molecule has 0 aliphatic rings. The Kier molecular flexibility index (Phi) is 3.14. The first kappa shape index (κ1) is 9.86. The molecule has 0 saturated heterocycles. The van der Waals surface area contributed by atoms with Crippen molar-refractivity contribution in [3.05, 3.63) is 40.3 Å². The fraction of sp³-hybridized carbons (Fsp3) is 0.100. The number of benzene rings is 1. The van der Waals surface area contributed by atoms with Crippen LogP contribution in [0, 0.1) is 6.92 Å². The minimum Gasteiger partial charge on any atom is -0.477 e. The van der Waals surface area contributed by atoms with Gasteiger partial charge in [0.1, 0.15) is 0 Å². The highest BCUT2D eigenvalue weighted by molar-refractivity contribution is 7.85. The summed E-state index contributed by atoms with van der Waals surface area (Å²) in [4.78, 5) is 10.5. The summed E-state index contributed by atoms with van der Waals surface area (Å²) in [5, 5.41) is 8.59. The Bertz CT molecular complexity index is 356. The Morgan fingerprint density at radius 3 is 2.62 bits per heavy atom. The van der Waals surface area contributed by atoms with Crippen molar-refractivity contribution in [3.63, 3.8) is 0 Å². The van der Waals surface area contributed by atoms with Crippen molar-refractivity contribution in [3.8, 4) is 0 Å². The SMILES string of the molecule is Cc1ccccc1/C=C(\S)C(=O)O. The maximum Gasteiger partial charge on any atom is 0.341 e. The third-order valence-corrected chi connectivity index (χ3v) is 2.02. The van der Waals surface area contributed by atoms with Gasteiger partial charge < -0.3 is 5.11 Å². The van der Waals surface area contributed by atoms with Gasteiger partial charge in [0.25, 0.3) is 0 Å². The number of aliphatic carboxylic acids is 1. The second-order valence-electron chi connectivity index (χ2n) is 2.69. The number of hydrogen-bond donors (Lipinski definition) is 2. The van der Waals surface area contributed by atoms with E-state index in [1.165, 1.54) is 0 Å². The molecule has 0 unspecified atom stereocenters. The Morgan fingerprint density at radius 1 is 1.46 bits per heavy atom. The van der Waals surface area contributed by atoms with E-state index in [9.17, 15) is 4.79 Å². The number of rotatable bonds is 2. The lowest BCUT2D eigenvalue weighted by Gasteiger charge is -1.99. The smallest absolute Gasteiger partial charge is 0.341 e. The lowest BCUT2D eigenvalue weighted by molar-refractivity contribution is -0.131. The van der Waals surface area contributed by atoms with Gasteiger partial charge >= 0.3 is 5.97 Å². The number of hydrogen-bond acceptors (Lipinski definition) is 2. The van der Waals surface area contributed by atoms with E-state index >= 15 is 0 Å². The minimum absolute atomic E-state index is 0.0503. The van der Waals surface area contributed by atoms with Crippen LogP contribution in [-0.2, 0) is 4.79 Å². The standard InChI is InChI=1S/C10H10O2S/c1-7-4-2-3-5-8(7)6-9(13)10(11)12/h2-6,13H,1H3,(H,11,12)/b9-6-. The summed E-state index contributed by atoms with van der Waals surface area (Å²) < 4.78 is 0. The number of carboxylic acid groups (broad SMARTS) is 1. The van der Waals surface area contributed by atoms with Crippen LogP contribution in [0.15, 0.2) is 29.2 Å². The molecular formula is C10H10O2S. The molecule has 1 aromatic carbocycles. The van der Waals surface area contributed by atoms with E-state index in [1.54, 1.807) is 6.08 Å². The molecule has 2 nitrogen and oxygen atoms in total. The molecule has 68 valence electrons. The van der Waals surface area contributed by atoms with Gasteiger partial charge in [0.15, 0.2) is 0 Å². The van der Waals surface area contributed by atoms with Crippen LogP contribution in [0.2, 0.25) is 0 Å². The van der Waals surface area contributed by atoms with Gasteiger partial charge in [-0.1, -0.05) is 24.3 Å². The van der Waals surface area contributed by atoms with Gasteiger partial charge in [0, 0.05) is 0 Å². The fourth-order valence-corrected chi connectivity index (χ4v) is 1.10. The zero-order valence-corrected chi connectivity index (χ0v) is 8.08. The predicted molar refractivity (Wildman–Crippen MR) is 55.8 cm³/mol. The molecule has 0 radical (unpaired) electrons. The van der Waals surface area contributed by atoms with Crippen molar-refractivity contribution in [2.24, 2.45) is 0 Å². The van der Waals surface area contributed by atoms with E-state index in [0.29, 0.717) is 0 Å². The average Bonchev–Trinajstić information content (AvgIpc) is 2.08. The molecule has 1 rings (SSSR count). The normalized spacial score (nSPS) is 11.4. The largest absolute Gasteiger partial charge is 0.477 e. The van der Waals surface area contributed by atoms with Crippen molar-refractivity contribution in [1.82, 2.24) is 0 Å². The number of aryl methyl sites for hydroxylation is 1. The van der Waals surface area contributed by atoms with Crippen LogP contribution in [-0.4, -0.2) is 11.1 Å². The van der Waals surface area contributed by atoms with Gasteiger partial charge in [-0.3, -0.25) is 0 Å². The van der Waals surface area contributed by atoms with Crippen LogP contribution < -0.4 is 0 Å². The molecule has 0 amide bonds. The van der Waals surface area contributed by atoms with Crippen molar-refractivity contribution in [2.45, 2.75) is 6.92 Å². The summed E-state index contributed by atoms with van der Waals surface area (Å²) in [6.45, 7) is 1.93. The van der Waals surface area contributed by atoms with Gasteiger partial charge in [0.2, 0.25) is 0 Å². The zero-order valence-electron chi connectivity index (χ0n) is 7.19. The highest BCUT2D eigenvalue weighted by atomic mass is 32.1. The van der Waals surface area contributed by atoms with E-state index in [4.69, 9.17) is 5.11 Å². The molecule has 1 aromatic rings. The van der Waals surface area contributed by atoms with Crippen LogP contribution in [0.25, 0.3) is 6.08 Å². The molecule has 0 spiro atoms. The highest BCUT2D eigenvalue weighted by Gasteiger charge is 2.01. The van der Waals surface area contributed by atoms with Gasteiger partial charge in [-0.15, -0.1) is 12.6 Å². The van der Waals surface area contributed by atoms with Gasteiger partial charge in [-0.05, 0) is 24.1 Å². The van der Waals surface area contributed by atoms with Crippen molar-refractivity contribution >= 4 is 24.7 Å². The number of carbonyl (C=O) groups is 1. The molecule has 0 aliphatic heterocycles. The van der Waals surface area contributed by atoms with Crippen molar-refractivity contribution < 1.29 is 9.90 Å². The molecule has 0 aliphatic carbocycles. The van der Waals surface area contributed by atoms with Crippen LogP contribution >= 0.6 is 12.6 Å². The van der Waals surface area contributed by atoms with E-state index in [1.807, 2.05) is 31.2 Å². The maximum absolute atomic E-state index is 10.5. The Labute approximate surface area is 82.3 Å². The summed E-state index contributed by atoms with van der Waals surface area (Å²) in [5.74, 6) is -1.01. The number of thiol groups is 1. The average molecular weight is 194 g/mol. The van der Waals surface area contributed by atoms with E-state index in [-0.39, 0.29) is 4.91 Å². The van der Waals surface area contributed by atoms with E-state index in [2.05, 4.69) is 12.6 Å². The topological polar surface area (TPSA) is 37.3 Å². The third kappa shape index (κ3) is 2.63. The Morgan fingerprint density at radius 2 is 2.08 bits per heavy atom. The van der Waals surface area contributed by atoms with E-state index < -0.39 is 5.97 Å². The monoisotopic (exact) mass is 194 g/mol. The summed E-state index contributed by atoms with van der Waals surface area (Å²) in [6.07, 6.45) is 1.54. The molecule has 0 fully saturated rings.